The molecule has 0 aliphatic carbocycles. The highest BCUT2D eigenvalue weighted by Crippen LogP contribution is 2.25. The van der Waals surface area contributed by atoms with Gasteiger partial charge in [0.15, 0.2) is 11.3 Å². The van der Waals surface area contributed by atoms with Crippen LogP contribution in [0, 0.1) is 6.92 Å². The number of pyridine rings is 1. The van der Waals surface area contributed by atoms with Gasteiger partial charge in [0.2, 0.25) is 0 Å². The third-order valence-corrected chi connectivity index (χ3v) is 5.26. The van der Waals surface area contributed by atoms with Gasteiger partial charge in [0.05, 0.1) is 11.4 Å². The Kier molecular flexibility index (Phi) is 4.31. The summed E-state index contributed by atoms with van der Waals surface area (Å²) in [6.45, 7) is 2.06. The summed E-state index contributed by atoms with van der Waals surface area (Å²) in [4.78, 5) is 29.7. The Bertz CT molecular complexity index is 1060. The van der Waals surface area contributed by atoms with Crippen LogP contribution >= 0.6 is 0 Å². The number of aromatic nitrogens is 4. The molecule has 0 bridgehead atoms. The molecule has 1 saturated heterocycles. The number of amides is 1. The van der Waals surface area contributed by atoms with Crippen LogP contribution in [0.4, 0.5) is 0 Å². The smallest absolute Gasteiger partial charge is 0.335 e. The maximum absolute atomic E-state index is 12.9. The monoisotopic (exact) mass is 381 g/mol. The Morgan fingerprint density at radius 1 is 1.18 bits per heavy atom. The Labute approximate surface area is 160 Å². The Hall–Kier alpha value is -3.33. The predicted octanol–water partition coefficient (Wildman–Crippen LogP) is 1.18. The van der Waals surface area contributed by atoms with Crippen LogP contribution in [0.15, 0.2) is 36.7 Å². The maximum atomic E-state index is 12.9. The molecule has 0 atom stereocenters. The molecule has 2 N–H and O–H groups in total. The number of carbonyl (C=O) groups excluding carboxylic acids is 1. The van der Waals surface area contributed by atoms with Crippen molar-refractivity contribution in [2.75, 3.05) is 13.1 Å². The van der Waals surface area contributed by atoms with E-state index in [0.717, 1.165) is 16.5 Å². The zero-order valence-electron chi connectivity index (χ0n) is 15.2. The number of nitrogens with zero attached hydrogens (tertiary/aromatic N) is 5. The van der Waals surface area contributed by atoms with Gasteiger partial charge < -0.3 is 15.1 Å². The normalized spacial score (nSPS) is 16.3. The highest BCUT2D eigenvalue weighted by atomic mass is 16.4. The van der Waals surface area contributed by atoms with Crippen molar-refractivity contribution in [2.24, 2.45) is 0 Å². The lowest BCUT2D eigenvalue weighted by Gasteiger charge is -2.35. The van der Waals surface area contributed by atoms with E-state index in [9.17, 15) is 14.7 Å². The van der Waals surface area contributed by atoms with E-state index < -0.39 is 11.6 Å². The molecule has 28 heavy (non-hydrogen) atoms. The number of hydrogen-bond acceptors (Lipinski definition) is 6. The molecule has 1 aliphatic heterocycles. The third-order valence-electron chi connectivity index (χ3n) is 5.26. The van der Waals surface area contributed by atoms with Crippen LogP contribution in [0.2, 0.25) is 0 Å². The van der Waals surface area contributed by atoms with Crippen molar-refractivity contribution in [3.63, 3.8) is 0 Å². The molecule has 1 amide bonds. The van der Waals surface area contributed by atoms with E-state index in [1.165, 1.54) is 4.90 Å². The van der Waals surface area contributed by atoms with Crippen molar-refractivity contribution >= 4 is 22.6 Å². The molecule has 4 rings (SSSR count). The van der Waals surface area contributed by atoms with E-state index in [2.05, 4.69) is 15.3 Å². The van der Waals surface area contributed by atoms with Crippen molar-refractivity contribution < 1.29 is 19.8 Å². The molecule has 1 aromatic carbocycles. The Morgan fingerprint density at radius 2 is 1.93 bits per heavy atom. The van der Waals surface area contributed by atoms with Gasteiger partial charge in [-0.2, -0.15) is 0 Å². The largest absolute Gasteiger partial charge is 0.479 e. The van der Waals surface area contributed by atoms with Gasteiger partial charge in [0.25, 0.3) is 5.91 Å². The first kappa shape index (κ1) is 18.1. The number of piperidine rings is 1. The van der Waals surface area contributed by atoms with Crippen LogP contribution in [0.1, 0.15) is 29.0 Å². The molecule has 9 nitrogen and oxygen atoms in total. The van der Waals surface area contributed by atoms with E-state index >= 15 is 0 Å². The zero-order chi connectivity index (χ0) is 19.9. The SMILES string of the molecule is Cc1c(C(=O)N2CCC(O)(C(=O)O)CC2)nnn1-c1cccc2cnccc12. The number of benzene rings is 1. The number of rotatable bonds is 3. The highest BCUT2D eigenvalue weighted by molar-refractivity contribution is 5.94. The lowest BCUT2D eigenvalue weighted by atomic mass is 9.91. The molecule has 3 aromatic rings. The summed E-state index contributed by atoms with van der Waals surface area (Å²) >= 11 is 0. The van der Waals surface area contributed by atoms with Gasteiger partial charge in [-0.25, -0.2) is 9.48 Å². The number of aliphatic hydroxyl groups is 1. The summed E-state index contributed by atoms with van der Waals surface area (Å²) in [5, 5.41) is 29.3. The minimum Gasteiger partial charge on any atom is -0.479 e. The summed E-state index contributed by atoms with van der Waals surface area (Å²) in [7, 11) is 0. The Balaban J connectivity index is 1.62. The van der Waals surface area contributed by atoms with E-state index in [1.807, 2.05) is 24.3 Å². The number of fused-ring (bicyclic) bond motifs is 1. The molecular formula is C19H19N5O4. The van der Waals surface area contributed by atoms with Crippen molar-refractivity contribution in [3.05, 3.63) is 48.0 Å². The number of carboxylic acid groups (broad SMARTS) is 1. The van der Waals surface area contributed by atoms with Gasteiger partial charge in [0, 0.05) is 49.1 Å². The van der Waals surface area contributed by atoms with Gasteiger partial charge >= 0.3 is 5.97 Å². The second-order valence-electron chi connectivity index (χ2n) is 6.94. The quantitative estimate of drug-likeness (QED) is 0.698. The average molecular weight is 381 g/mol. The molecule has 0 saturated carbocycles. The summed E-state index contributed by atoms with van der Waals surface area (Å²) in [5.41, 5.74) is -0.177. The second-order valence-corrected chi connectivity index (χ2v) is 6.94. The molecule has 0 radical (unpaired) electrons. The van der Waals surface area contributed by atoms with E-state index in [-0.39, 0.29) is 37.5 Å². The summed E-state index contributed by atoms with van der Waals surface area (Å²) in [6.07, 6.45) is 3.42. The number of aliphatic carboxylic acids is 1. The minimum absolute atomic E-state index is 0.0163. The topological polar surface area (TPSA) is 121 Å². The predicted molar refractivity (Wildman–Crippen MR) is 99.1 cm³/mol. The summed E-state index contributed by atoms with van der Waals surface area (Å²) in [5.74, 6) is -1.58. The molecule has 0 spiro atoms. The third kappa shape index (κ3) is 2.89. The first-order valence-electron chi connectivity index (χ1n) is 8.91. The first-order valence-corrected chi connectivity index (χ1v) is 8.91. The molecule has 2 aromatic heterocycles. The van der Waals surface area contributed by atoms with Crippen molar-refractivity contribution in [2.45, 2.75) is 25.4 Å². The molecule has 144 valence electrons. The first-order chi connectivity index (χ1) is 13.4. The standard InChI is InChI=1S/C19H19N5O4/c1-12-16(17(25)23-9-6-19(28,7-10-23)18(26)27)21-22-24(12)15-4-2-3-13-11-20-8-5-14(13)15/h2-5,8,11,28H,6-7,9-10H2,1H3,(H,26,27). The van der Waals surface area contributed by atoms with Crippen molar-refractivity contribution in [1.82, 2.24) is 24.9 Å². The number of hydrogen-bond donors (Lipinski definition) is 2. The minimum atomic E-state index is -1.78. The van der Waals surface area contributed by atoms with Gasteiger partial charge in [0.1, 0.15) is 0 Å². The second kappa shape index (κ2) is 6.68. The number of likely N-dealkylation sites (tertiary alicyclic amines) is 1. The maximum Gasteiger partial charge on any atom is 0.335 e. The molecule has 9 heteroatoms. The van der Waals surface area contributed by atoms with Gasteiger partial charge in [-0.1, -0.05) is 17.3 Å². The van der Waals surface area contributed by atoms with Gasteiger partial charge in [-0.05, 0) is 19.1 Å². The highest BCUT2D eigenvalue weighted by Gasteiger charge is 2.41. The van der Waals surface area contributed by atoms with Gasteiger partial charge in [-0.15, -0.1) is 5.10 Å². The van der Waals surface area contributed by atoms with Crippen LogP contribution in [0.25, 0.3) is 16.5 Å². The lowest BCUT2D eigenvalue weighted by molar-refractivity contribution is -0.162. The molecular weight excluding hydrogens is 362 g/mol. The fourth-order valence-corrected chi connectivity index (χ4v) is 3.49. The average Bonchev–Trinajstić information content (AvgIpc) is 3.08. The van der Waals surface area contributed by atoms with Crippen LogP contribution in [0.3, 0.4) is 0 Å². The van der Waals surface area contributed by atoms with Crippen LogP contribution < -0.4 is 0 Å². The number of carbonyl (C=O) groups is 2. The Morgan fingerprint density at radius 3 is 2.64 bits per heavy atom. The fourth-order valence-electron chi connectivity index (χ4n) is 3.49. The summed E-state index contributed by atoms with van der Waals surface area (Å²) < 4.78 is 1.62. The molecule has 3 heterocycles. The van der Waals surface area contributed by atoms with Crippen LogP contribution in [-0.4, -0.2) is 65.7 Å². The summed E-state index contributed by atoms with van der Waals surface area (Å²) in [6, 6.07) is 7.61. The van der Waals surface area contributed by atoms with E-state index in [0.29, 0.717) is 5.69 Å². The molecule has 0 unspecified atom stereocenters. The van der Waals surface area contributed by atoms with Gasteiger partial charge in [-0.3, -0.25) is 9.78 Å². The van der Waals surface area contributed by atoms with Crippen LogP contribution in [0.5, 0.6) is 0 Å². The molecule has 1 fully saturated rings. The van der Waals surface area contributed by atoms with Crippen molar-refractivity contribution in [3.8, 4) is 5.69 Å². The zero-order valence-corrected chi connectivity index (χ0v) is 15.2. The fraction of sp³-hybridized carbons (Fsp3) is 0.316. The lowest BCUT2D eigenvalue weighted by Crippen LogP contribution is -2.51. The van der Waals surface area contributed by atoms with Crippen molar-refractivity contribution in [1.29, 1.82) is 0 Å². The molecule has 1 aliphatic rings. The van der Waals surface area contributed by atoms with Crippen LogP contribution in [-0.2, 0) is 4.79 Å². The number of carboxylic acids is 1. The van der Waals surface area contributed by atoms with E-state index in [1.54, 1.807) is 24.0 Å². The van der Waals surface area contributed by atoms with E-state index in [4.69, 9.17) is 5.11 Å².